The molecule has 2 aliphatic rings. The first-order valence-corrected chi connectivity index (χ1v) is 6.79. The standard InChI is InChI=1S/C13H22N2O3/c1-3-14-8-4-6-10(14)11(16)15-9-5-7-13(15,2)12(17)18/h10H,3-9H2,1-2H3,(H,17,18)/t10-,13-/m0/s1. The normalized spacial score (nSPS) is 33.0. The molecule has 2 heterocycles. The van der Waals surface area contributed by atoms with E-state index in [-0.39, 0.29) is 11.9 Å². The molecule has 1 N–H and O–H groups in total. The van der Waals surface area contributed by atoms with Crippen LogP contribution >= 0.6 is 0 Å². The summed E-state index contributed by atoms with van der Waals surface area (Å²) in [4.78, 5) is 27.7. The van der Waals surface area contributed by atoms with Crippen molar-refractivity contribution < 1.29 is 14.7 Å². The molecule has 0 bridgehead atoms. The van der Waals surface area contributed by atoms with Gasteiger partial charge in [0.25, 0.3) is 0 Å². The molecule has 0 aliphatic carbocycles. The van der Waals surface area contributed by atoms with Crippen molar-refractivity contribution in [3.05, 3.63) is 0 Å². The van der Waals surface area contributed by atoms with Gasteiger partial charge in [0.05, 0.1) is 6.04 Å². The van der Waals surface area contributed by atoms with Crippen LogP contribution in [0.15, 0.2) is 0 Å². The molecule has 0 saturated carbocycles. The van der Waals surface area contributed by atoms with Crippen LogP contribution in [0.5, 0.6) is 0 Å². The smallest absolute Gasteiger partial charge is 0.329 e. The fraction of sp³-hybridized carbons (Fsp3) is 0.846. The highest BCUT2D eigenvalue weighted by Gasteiger charge is 2.48. The van der Waals surface area contributed by atoms with Gasteiger partial charge in [-0.1, -0.05) is 6.92 Å². The first-order valence-electron chi connectivity index (χ1n) is 6.79. The lowest BCUT2D eigenvalue weighted by Crippen LogP contribution is -2.55. The summed E-state index contributed by atoms with van der Waals surface area (Å²) in [7, 11) is 0. The van der Waals surface area contributed by atoms with Crippen molar-refractivity contribution in [3.8, 4) is 0 Å². The molecule has 2 atom stereocenters. The van der Waals surface area contributed by atoms with E-state index in [1.807, 2.05) is 6.92 Å². The minimum atomic E-state index is -1.00. The average molecular weight is 254 g/mol. The van der Waals surface area contributed by atoms with Crippen LogP contribution in [0.2, 0.25) is 0 Å². The quantitative estimate of drug-likeness (QED) is 0.814. The first kappa shape index (κ1) is 13.3. The Morgan fingerprint density at radius 1 is 1.33 bits per heavy atom. The molecule has 0 spiro atoms. The molecule has 0 aromatic rings. The monoisotopic (exact) mass is 254 g/mol. The van der Waals surface area contributed by atoms with Crippen molar-refractivity contribution >= 4 is 11.9 Å². The maximum Gasteiger partial charge on any atom is 0.329 e. The summed E-state index contributed by atoms with van der Waals surface area (Å²) in [6, 6.07) is -0.105. The van der Waals surface area contributed by atoms with Gasteiger partial charge >= 0.3 is 5.97 Å². The Hall–Kier alpha value is -1.10. The zero-order chi connectivity index (χ0) is 13.3. The third kappa shape index (κ3) is 2.00. The number of likely N-dealkylation sites (tertiary alicyclic amines) is 2. The molecule has 0 unspecified atom stereocenters. The van der Waals surface area contributed by atoms with E-state index in [9.17, 15) is 14.7 Å². The molecule has 2 saturated heterocycles. The van der Waals surface area contributed by atoms with Crippen molar-refractivity contribution in [3.63, 3.8) is 0 Å². The number of hydrogen-bond donors (Lipinski definition) is 1. The number of nitrogens with zero attached hydrogens (tertiary/aromatic N) is 2. The molecule has 5 heteroatoms. The number of likely N-dealkylation sites (N-methyl/N-ethyl adjacent to an activating group) is 1. The molecule has 0 aromatic heterocycles. The third-order valence-electron chi connectivity index (χ3n) is 4.42. The van der Waals surface area contributed by atoms with Gasteiger partial charge in [-0.25, -0.2) is 4.79 Å². The van der Waals surface area contributed by atoms with Crippen LogP contribution in [0.3, 0.4) is 0 Å². The highest BCUT2D eigenvalue weighted by molar-refractivity contribution is 5.90. The fourth-order valence-electron chi connectivity index (χ4n) is 3.20. The van der Waals surface area contributed by atoms with E-state index >= 15 is 0 Å². The lowest BCUT2D eigenvalue weighted by Gasteiger charge is -2.35. The topological polar surface area (TPSA) is 60.9 Å². The number of carbonyl (C=O) groups excluding carboxylic acids is 1. The van der Waals surface area contributed by atoms with Gasteiger partial charge in [0, 0.05) is 6.54 Å². The third-order valence-corrected chi connectivity index (χ3v) is 4.42. The zero-order valence-corrected chi connectivity index (χ0v) is 11.2. The molecule has 2 rings (SSSR count). The van der Waals surface area contributed by atoms with Gasteiger partial charge in [-0.2, -0.15) is 0 Å². The van der Waals surface area contributed by atoms with Gasteiger partial charge in [0.1, 0.15) is 5.54 Å². The van der Waals surface area contributed by atoms with Crippen molar-refractivity contribution in [2.75, 3.05) is 19.6 Å². The number of carbonyl (C=O) groups is 2. The minimum absolute atomic E-state index is 0.0109. The van der Waals surface area contributed by atoms with Gasteiger partial charge in [-0.05, 0) is 45.7 Å². The van der Waals surface area contributed by atoms with Crippen LogP contribution < -0.4 is 0 Å². The Morgan fingerprint density at radius 2 is 2.06 bits per heavy atom. The maximum atomic E-state index is 12.6. The number of rotatable bonds is 3. The molecule has 0 radical (unpaired) electrons. The number of aliphatic carboxylic acids is 1. The van der Waals surface area contributed by atoms with Gasteiger partial charge in [-0.3, -0.25) is 9.69 Å². The Morgan fingerprint density at radius 3 is 2.67 bits per heavy atom. The largest absolute Gasteiger partial charge is 0.480 e. The molecule has 18 heavy (non-hydrogen) atoms. The van der Waals surface area contributed by atoms with Gasteiger partial charge in [0.2, 0.25) is 5.91 Å². The minimum Gasteiger partial charge on any atom is -0.480 e. The van der Waals surface area contributed by atoms with E-state index in [1.165, 1.54) is 0 Å². The fourth-order valence-corrected chi connectivity index (χ4v) is 3.20. The Balaban J connectivity index is 2.15. The van der Waals surface area contributed by atoms with E-state index < -0.39 is 11.5 Å². The predicted molar refractivity (Wildman–Crippen MR) is 67.3 cm³/mol. The second-order valence-electron chi connectivity index (χ2n) is 5.46. The zero-order valence-electron chi connectivity index (χ0n) is 11.2. The number of carboxylic acid groups (broad SMARTS) is 1. The SMILES string of the molecule is CCN1CCC[C@H]1C(=O)N1CCC[C@@]1(C)C(=O)O. The lowest BCUT2D eigenvalue weighted by atomic mass is 9.98. The van der Waals surface area contributed by atoms with Crippen LogP contribution in [0.4, 0.5) is 0 Å². The summed E-state index contributed by atoms with van der Waals surface area (Å²) in [5.74, 6) is -0.869. The Labute approximate surface area is 108 Å². The highest BCUT2D eigenvalue weighted by atomic mass is 16.4. The van der Waals surface area contributed by atoms with E-state index in [2.05, 4.69) is 4.90 Å². The summed E-state index contributed by atoms with van der Waals surface area (Å²) < 4.78 is 0. The van der Waals surface area contributed by atoms with Crippen LogP contribution in [0.25, 0.3) is 0 Å². The van der Waals surface area contributed by atoms with Crippen molar-refractivity contribution in [1.29, 1.82) is 0 Å². The first-order chi connectivity index (χ1) is 8.50. The van der Waals surface area contributed by atoms with Crippen molar-refractivity contribution in [2.24, 2.45) is 0 Å². The molecule has 2 fully saturated rings. The van der Waals surface area contributed by atoms with Crippen LogP contribution in [-0.4, -0.2) is 58.0 Å². The van der Waals surface area contributed by atoms with Crippen molar-refractivity contribution in [1.82, 2.24) is 9.80 Å². The summed E-state index contributed by atoms with van der Waals surface area (Å²) in [5.41, 5.74) is -1.00. The second-order valence-corrected chi connectivity index (χ2v) is 5.46. The summed E-state index contributed by atoms with van der Waals surface area (Å²) >= 11 is 0. The van der Waals surface area contributed by atoms with Crippen LogP contribution in [-0.2, 0) is 9.59 Å². The van der Waals surface area contributed by atoms with Gasteiger partial charge < -0.3 is 10.0 Å². The van der Waals surface area contributed by atoms with E-state index in [1.54, 1.807) is 11.8 Å². The Bertz CT molecular complexity index is 358. The number of carboxylic acids is 1. The van der Waals surface area contributed by atoms with Crippen molar-refractivity contribution in [2.45, 2.75) is 51.1 Å². The average Bonchev–Trinajstić information content (AvgIpc) is 2.94. The molecule has 2 aliphatic heterocycles. The summed E-state index contributed by atoms with van der Waals surface area (Å²) in [6.45, 7) is 6.10. The highest BCUT2D eigenvalue weighted by Crippen LogP contribution is 2.32. The number of amides is 1. The maximum absolute atomic E-state index is 12.6. The molecule has 102 valence electrons. The molecule has 0 aromatic carbocycles. The molecular weight excluding hydrogens is 232 g/mol. The number of hydrogen-bond acceptors (Lipinski definition) is 3. The van der Waals surface area contributed by atoms with E-state index in [0.717, 1.165) is 32.4 Å². The van der Waals surface area contributed by atoms with Gasteiger partial charge in [0.15, 0.2) is 0 Å². The summed E-state index contributed by atoms with van der Waals surface area (Å²) in [5, 5.41) is 9.35. The Kier molecular flexibility index (Phi) is 3.61. The molecule has 5 nitrogen and oxygen atoms in total. The van der Waals surface area contributed by atoms with Crippen LogP contribution in [0, 0.1) is 0 Å². The molecule has 1 amide bonds. The molecular formula is C13H22N2O3. The van der Waals surface area contributed by atoms with E-state index in [4.69, 9.17) is 0 Å². The van der Waals surface area contributed by atoms with E-state index in [0.29, 0.717) is 13.0 Å². The predicted octanol–water partition coefficient (Wildman–Crippen LogP) is 0.936. The van der Waals surface area contributed by atoms with Crippen LogP contribution in [0.1, 0.15) is 39.5 Å². The van der Waals surface area contributed by atoms with Gasteiger partial charge in [-0.15, -0.1) is 0 Å². The second kappa shape index (κ2) is 4.88. The summed E-state index contributed by atoms with van der Waals surface area (Å²) in [6.07, 6.45) is 3.24. The lowest BCUT2D eigenvalue weighted by molar-refractivity contribution is -0.157.